The standard InChI is InChI=1S/C19H15Cl2NO3/c1-12-6-7-13-9-14(19(21)22-16(13)8-12)10-25-18(23)11-24-17-5-3-2-4-15(17)20/h2-9H,10-11H2,1H3. The van der Waals surface area contributed by atoms with E-state index in [1.807, 2.05) is 31.2 Å². The van der Waals surface area contributed by atoms with Gasteiger partial charge in [0, 0.05) is 10.9 Å². The van der Waals surface area contributed by atoms with Gasteiger partial charge in [0.15, 0.2) is 6.61 Å². The van der Waals surface area contributed by atoms with E-state index in [0.29, 0.717) is 21.5 Å². The van der Waals surface area contributed by atoms with Gasteiger partial charge >= 0.3 is 5.97 Å². The van der Waals surface area contributed by atoms with Gasteiger partial charge in [-0.05, 0) is 36.8 Å². The van der Waals surface area contributed by atoms with Crippen molar-refractivity contribution in [3.8, 4) is 5.75 Å². The van der Waals surface area contributed by atoms with Gasteiger partial charge in [0.1, 0.15) is 17.5 Å². The van der Waals surface area contributed by atoms with Gasteiger partial charge in [0.05, 0.1) is 10.5 Å². The van der Waals surface area contributed by atoms with Crippen molar-refractivity contribution in [2.24, 2.45) is 0 Å². The number of carbonyl (C=O) groups is 1. The summed E-state index contributed by atoms with van der Waals surface area (Å²) in [7, 11) is 0. The molecule has 0 saturated heterocycles. The molecule has 0 spiro atoms. The lowest BCUT2D eigenvalue weighted by atomic mass is 10.1. The minimum Gasteiger partial charge on any atom is -0.480 e. The Bertz CT molecular complexity index is 928. The van der Waals surface area contributed by atoms with E-state index in [-0.39, 0.29) is 13.2 Å². The molecule has 0 N–H and O–H groups in total. The zero-order chi connectivity index (χ0) is 17.8. The second-order valence-electron chi connectivity index (χ2n) is 5.51. The third-order valence-corrected chi connectivity index (χ3v) is 4.21. The van der Waals surface area contributed by atoms with Crippen LogP contribution in [0, 0.1) is 6.92 Å². The molecule has 1 heterocycles. The number of fused-ring (bicyclic) bond motifs is 1. The van der Waals surface area contributed by atoms with Gasteiger partial charge in [0.25, 0.3) is 0 Å². The molecule has 0 aliphatic heterocycles. The minimum atomic E-state index is -0.514. The average molecular weight is 376 g/mol. The van der Waals surface area contributed by atoms with Gasteiger partial charge in [0.2, 0.25) is 0 Å². The van der Waals surface area contributed by atoms with E-state index in [0.717, 1.165) is 16.5 Å². The Kier molecular flexibility index (Phi) is 5.41. The van der Waals surface area contributed by atoms with Crippen molar-refractivity contribution in [1.82, 2.24) is 4.98 Å². The van der Waals surface area contributed by atoms with Crippen molar-refractivity contribution >= 4 is 40.1 Å². The fraction of sp³-hybridized carbons (Fsp3) is 0.158. The Labute approximate surface area is 155 Å². The summed E-state index contributed by atoms with van der Waals surface area (Å²) in [5.74, 6) is -0.0816. The van der Waals surface area contributed by atoms with Gasteiger partial charge in [-0.3, -0.25) is 0 Å². The number of nitrogens with zero attached hydrogens (tertiary/aromatic N) is 1. The highest BCUT2D eigenvalue weighted by Gasteiger charge is 2.10. The van der Waals surface area contributed by atoms with Gasteiger partial charge in [-0.25, -0.2) is 9.78 Å². The van der Waals surface area contributed by atoms with Gasteiger partial charge < -0.3 is 9.47 Å². The van der Waals surface area contributed by atoms with E-state index in [9.17, 15) is 4.79 Å². The van der Waals surface area contributed by atoms with Crippen LogP contribution in [0.4, 0.5) is 0 Å². The molecule has 4 nitrogen and oxygen atoms in total. The van der Waals surface area contributed by atoms with E-state index < -0.39 is 5.97 Å². The van der Waals surface area contributed by atoms with Crippen molar-refractivity contribution in [1.29, 1.82) is 0 Å². The molecule has 2 aromatic carbocycles. The molecule has 1 aromatic heterocycles. The second kappa shape index (κ2) is 7.72. The van der Waals surface area contributed by atoms with Crippen LogP contribution < -0.4 is 4.74 Å². The first-order chi connectivity index (χ1) is 12.0. The fourth-order valence-corrected chi connectivity index (χ4v) is 2.69. The first-order valence-corrected chi connectivity index (χ1v) is 8.37. The number of hydrogen-bond acceptors (Lipinski definition) is 4. The summed E-state index contributed by atoms with van der Waals surface area (Å²) in [5, 5.41) is 1.69. The van der Waals surface area contributed by atoms with Gasteiger partial charge in [-0.1, -0.05) is 47.5 Å². The summed E-state index contributed by atoms with van der Waals surface area (Å²) in [6.45, 7) is 1.78. The van der Waals surface area contributed by atoms with Gasteiger partial charge in [-0.2, -0.15) is 0 Å². The Balaban J connectivity index is 1.62. The predicted octanol–water partition coefficient (Wildman–Crippen LogP) is 4.97. The summed E-state index contributed by atoms with van der Waals surface area (Å²) in [5.41, 5.74) is 2.55. The van der Waals surface area contributed by atoms with Crippen LogP contribution in [0.25, 0.3) is 10.9 Å². The first kappa shape index (κ1) is 17.5. The number of benzene rings is 2. The number of aryl methyl sites for hydroxylation is 1. The highest BCUT2D eigenvalue weighted by atomic mass is 35.5. The summed E-state index contributed by atoms with van der Waals surface area (Å²) in [6.07, 6.45) is 0. The first-order valence-electron chi connectivity index (χ1n) is 7.61. The minimum absolute atomic E-state index is 0.0281. The number of rotatable bonds is 5. The molecule has 0 amide bonds. The molecule has 25 heavy (non-hydrogen) atoms. The summed E-state index contributed by atoms with van der Waals surface area (Å²) in [6, 6.07) is 14.7. The molecule has 0 aliphatic rings. The zero-order valence-electron chi connectivity index (χ0n) is 13.5. The largest absolute Gasteiger partial charge is 0.480 e. The quantitative estimate of drug-likeness (QED) is 0.466. The second-order valence-corrected chi connectivity index (χ2v) is 6.28. The molecule has 3 rings (SSSR count). The Morgan fingerprint density at radius 2 is 1.92 bits per heavy atom. The highest BCUT2D eigenvalue weighted by molar-refractivity contribution is 6.32. The monoisotopic (exact) mass is 375 g/mol. The van der Waals surface area contributed by atoms with Crippen LogP contribution >= 0.6 is 23.2 Å². The Morgan fingerprint density at radius 3 is 2.72 bits per heavy atom. The lowest BCUT2D eigenvalue weighted by Crippen LogP contribution is -2.15. The van der Waals surface area contributed by atoms with Crippen LogP contribution in [0.2, 0.25) is 10.2 Å². The fourth-order valence-electron chi connectivity index (χ4n) is 2.30. The highest BCUT2D eigenvalue weighted by Crippen LogP contribution is 2.24. The van der Waals surface area contributed by atoms with Crippen molar-refractivity contribution in [3.05, 3.63) is 69.8 Å². The van der Waals surface area contributed by atoms with Crippen LogP contribution in [0.1, 0.15) is 11.1 Å². The zero-order valence-corrected chi connectivity index (χ0v) is 15.0. The molecular formula is C19H15Cl2NO3. The topological polar surface area (TPSA) is 48.4 Å². The molecule has 0 fully saturated rings. The molecule has 0 aliphatic carbocycles. The molecule has 0 radical (unpaired) electrons. The van der Waals surface area contributed by atoms with Crippen LogP contribution in [0.15, 0.2) is 48.5 Å². The molecule has 0 unspecified atom stereocenters. The number of esters is 1. The Hall–Kier alpha value is -2.30. The summed E-state index contributed by atoms with van der Waals surface area (Å²) >= 11 is 12.1. The number of ether oxygens (including phenoxy) is 2. The maximum Gasteiger partial charge on any atom is 0.344 e. The number of halogens is 2. The molecule has 0 saturated carbocycles. The van der Waals surface area contributed by atoms with Crippen molar-refractivity contribution in [2.45, 2.75) is 13.5 Å². The van der Waals surface area contributed by atoms with Crippen molar-refractivity contribution in [3.63, 3.8) is 0 Å². The van der Waals surface area contributed by atoms with Crippen molar-refractivity contribution in [2.75, 3.05) is 6.61 Å². The number of aromatic nitrogens is 1. The van der Waals surface area contributed by atoms with E-state index in [1.165, 1.54) is 0 Å². The third kappa shape index (κ3) is 4.41. The number of carbonyl (C=O) groups excluding carboxylic acids is 1. The maximum atomic E-state index is 11.9. The van der Waals surface area contributed by atoms with Crippen LogP contribution in [0.3, 0.4) is 0 Å². The lowest BCUT2D eigenvalue weighted by Gasteiger charge is -2.10. The summed E-state index contributed by atoms with van der Waals surface area (Å²) < 4.78 is 10.6. The van der Waals surface area contributed by atoms with E-state index in [1.54, 1.807) is 24.3 Å². The summed E-state index contributed by atoms with van der Waals surface area (Å²) in [4.78, 5) is 16.2. The molecule has 6 heteroatoms. The van der Waals surface area contributed by atoms with Crippen molar-refractivity contribution < 1.29 is 14.3 Å². The van der Waals surface area contributed by atoms with E-state index in [4.69, 9.17) is 32.7 Å². The smallest absolute Gasteiger partial charge is 0.344 e. The SMILES string of the molecule is Cc1ccc2cc(COC(=O)COc3ccccc3Cl)c(Cl)nc2c1. The molecular weight excluding hydrogens is 361 g/mol. The van der Waals surface area contributed by atoms with Crippen LogP contribution in [-0.4, -0.2) is 17.6 Å². The number of pyridine rings is 1. The van der Waals surface area contributed by atoms with E-state index in [2.05, 4.69) is 4.98 Å². The average Bonchev–Trinajstić information content (AvgIpc) is 2.59. The molecule has 128 valence electrons. The molecule has 0 bridgehead atoms. The normalized spacial score (nSPS) is 10.7. The number of hydrogen-bond donors (Lipinski definition) is 0. The van der Waals surface area contributed by atoms with Crippen LogP contribution in [0.5, 0.6) is 5.75 Å². The lowest BCUT2D eigenvalue weighted by molar-refractivity contribution is -0.147. The van der Waals surface area contributed by atoms with E-state index >= 15 is 0 Å². The molecule has 0 atom stereocenters. The van der Waals surface area contributed by atoms with Crippen LogP contribution in [-0.2, 0) is 16.1 Å². The third-order valence-electron chi connectivity index (χ3n) is 3.57. The van der Waals surface area contributed by atoms with Gasteiger partial charge in [-0.15, -0.1) is 0 Å². The molecule has 3 aromatic rings. The predicted molar refractivity (Wildman–Crippen MR) is 98.2 cm³/mol. The Morgan fingerprint density at radius 1 is 1.12 bits per heavy atom. The maximum absolute atomic E-state index is 11.9. The number of para-hydroxylation sites is 1.